The Balaban J connectivity index is 2.12. The van der Waals surface area contributed by atoms with Gasteiger partial charge in [-0.2, -0.15) is 5.10 Å². The first kappa shape index (κ1) is 11.0. The number of aromatic amines is 1. The predicted molar refractivity (Wildman–Crippen MR) is 70.7 cm³/mol. The largest absolute Gasteiger partial charge is 0.328 e. The molecule has 1 fully saturated rings. The lowest BCUT2D eigenvalue weighted by molar-refractivity contribution is 0.475. The van der Waals surface area contributed by atoms with E-state index in [1.807, 2.05) is 18.7 Å². The Morgan fingerprint density at radius 1 is 1.53 bits per heavy atom. The van der Waals surface area contributed by atoms with Crippen LogP contribution in [0.5, 0.6) is 0 Å². The number of rotatable bonds is 3. The van der Waals surface area contributed by atoms with Crippen LogP contribution in [0, 0.1) is 17.6 Å². The molecule has 0 aromatic carbocycles. The molecule has 2 aromatic rings. The molecule has 92 valence electrons. The number of hydrogen-bond donors (Lipinski definition) is 1. The summed E-state index contributed by atoms with van der Waals surface area (Å²) < 4.78 is 4.98. The SMILES string of the molecule is Cc1nn(C)c2c1[nH]c(=S)n2C(C)CC1CC1. The maximum atomic E-state index is 5.44. The van der Waals surface area contributed by atoms with E-state index in [0.29, 0.717) is 6.04 Å². The second-order valence-corrected chi connectivity index (χ2v) is 5.62. The molecule has 0 amide bonds. The van der Waals surface area contributed by atoms with E-state index in [0.717, 1.165) is 27.5 Å². The Hall–Kier alpha value is -1.10. The molecule has 1 saturated carbocycles. The molecule has 0 aliphatic heterocycles. The molecule has 0 radical (unpaired) electrons. The lowest BCUT2D eigenvalue weighted by Gasteiger charge is -2.13. The highest BCUT2D eigenvalue weighted by atomic mass is 32.1. The van der Waals surface area contributed by atoms with Crippen LogP contribution in [0.25, 0.3) is 11.2 Å². The summed E-state index contributed by atoms with van der Waals surface area (Å²) in [6.45, 7) is 4.27. The quantitative estimate of drug-likeness (QED) is 0.850. The van der Waals surface area contributed by atoms with Gasteiger partial charge in [0, 0.05) is 13.1 Å². The number of H-pyrrole nitrogens is 1. The molecule has 1 aliphatic rings. The van der Waals surface area contributed by atoms with Crippen LogP contribution in [-0.2, 0) is 7.05 Å². The lowest BCUT2D eigenvalue weighted by atomic mass is 10.1. The molecule has 1 unspecified atom stereocenters. The maximum Gasteiger partial charge on any atom is 0.179 e. The summed E-state index contributed by atoms with van der Waals surface area (Å²) in [5.74, 6) is 0.908. The molecule has 3 rings (SSSR count). The van der Waals surface area contributed by atoms with Crippen molar-refractivity contribution in [1.82, 2.24) is 19.3 Å². The van der Waals surface area contributed by atoms with Gasteiger partial charge in [-0.3, -0.25) is 9.25 Å². The zero-order valence-corrected chi connectivity index (χ0v) is 11.3. The Morgan fingerprint density at radius 2 is 2.24 bits per heavy atom. The Bertz CT molecular complexity index is 614. The fourth-order valence-electron chi connectivity index (χ4n) is 2.68. The molecule has 1 N–H and O–H groups in total. The molecule has 2 heterocycles. The minimum atomic E-state index is 0.457. The van der Waals surface area contributed by atoms with Crippen LogP contribution >= 0.6 is 12.2 Å². The van der Waals surface area contributed by atoms with Gasteiger partial charge in [-0.05, 0) is 38.4 Å². The summed E-state index contributed by atoms with van der Waals surface area (Å²) in [6.07, 6.45) is 4.00. The minimum Gasteiger partial charge on any atom is -0.328 e. The number of aryl methyl sites for hydroxylation is 2. The standard InChI is InChI=1S/C12H18N4S/c1-7(6-9-4-5-9)16-11-10(13-12(16)17)8(2)14-15(11)3/h7,9H,4-6H2,1-3H3,(H,13,17). The van der Waals surface area contributed by atoms with E-state index in [-0.39, 0.29) is 0 Å². The number of aromatic nitrogens is 4. The van der Waals surface area contributed by atoms with Crippen molar-refractivity contribution in [3.8, 4) is 0 Å². The molecule has 4 nitrogen and oxygen atoms in total. The molecule has 0 spiro atoms. The first-order chi connectivity index (χ1) is 8.08. The van der Waals surface area contributed by atoms with Crippen LogP contribution in [-0.4, -0.2) is 19.3 Å². The average Bonchev–Trinajstić information content (AvgIpc) is 2.92. The van der Waals surface area contributed by atoms with E-state index in [4.69, 9.17) is 12.2 Å². The Labute approximate surface area is 106 Å². The highest BCUT2D eigenvalue weighted by Gasteiger charge is 2.26. The highest BCUT2D eigenvalue weighted by molar-refractivity contribution is 7.71. The Kier molecular flexibility index (Phi) is 2.40. The highest BCUT2D eigenvalue weighted by Crippen LogP contribution is 2.37. The number of nitrogens with one attached hydrogen (secondary N) is 1. The van der Waals surface area contributed by atoms with Crippen molar-refractivity contribution in [3.63, 3.8) is 0 Å². The van der Waals surface area contributed by atoms with Gasteiger partial charge in [-0.25, -0.2) is 0 Å². The van der Waals surface area contributed by atoms with Crippen molar-refractivity contribution in [2.75, 3.05) is 0 Å². The monoisotopic (exact) mass is 250 g/mol. The summed E-state index contributed by atoms with van der Waals surface area (Å²) in [7, 11) is 1.98. The summed E-state index contributed by atoms with van der Waals surface area (Å²) in [5.41, 5.74) is 3.23. The van der Waals surface area contributed by atoms with E-state index in [1.54, 1.807) is 0 Å². The molecular weight excluding hydrogens is 232 g/mol. The van der Waals surface area contributed by atoms with Gasteiger partial charge >= 0.3 is 0 Å². The number of hydrogen-bond acceptors (Lipinski definition) is 2. The van der Waals surface area contributed by atoms with E-state index in [1.165, 1.54) is 19.3 Å². The first-order valence-corrected chi connectivity index (χ1v) is 6.62. The molecule has 17 heavy (non-hydrogen) atoms. The number of imidazole rings is 1. The van der Waals surface area contributed by atoms with E-state index in [9.17, 15) is 0 Å². The second kappa shape index (κ2) is 3.70. The van der Waals surface area contributed by atoms with Gasteiger partial charge in [0.15, 0.2) is 10.4 Å². The van der Waals surface area contributed by atoms with Crippen molar-refractivity contribution >= 4 is 23.4 Å². The smallest absolute Gasteiger partial charge is 0.179 e. The van der Waals surface area contributed by atoms with Crippen LogP contribution in [0.4, 0.5) is 0 Å². The summed E-state index contributed by atoms with van der Waals surface area (Å²) in [6, 6.07) is 0.457. The van der Waals surface area contributed by atoms with Gasteiger partial charge < -0.3 is 4.98 Å². The van der Waals surface area contributed by atoms with Gasteiger partial charge in [0.1, 0.15) is 5.52 Å². The third-order valence-electron chi connectivity index (χ3n) is 3.68. The van der Waals surface area contributed by atoms with Gasteiger partial charge in [0.05, 0.1) is 5.69 Å². The van der Waals surface area contributed by atoms with Crippen molar-refractivity contribution in [3.05, 3.63) is 10.5 Å². The fourth-order valence-corrected chi connectivity index (χ4v) is 3.05. The van der Waals surface area contributed by atoms with Crippen molar-refractivity contribution < 1.29 is 0 Å². The van der Waals surface area contributed by atoms with E-state index in [2.05, 4.69) is 21.6 Å². The molecule has 1 atom stereocenters. The third-order valence-corrected chi connectivity index (χ3v) is 3.98. The van der Waals surface area contributed by atoms with Crippen LogP contribution in [0.2, 0.25) is 0 Å². The number of fused-ring (bicyclic) bond motifs is 1. The summed E-state index contributed by atoms with van der Waals surface area (Å²) >= 11 is 5.44. The van der Waals surface area contributed by atoms with Crippen LogP contribution < -0.4 is 0 Å². The van der Waals surface area contributed by atoms with Crippen molar-refractivity contribution in [2.24, 2.45) is 13.0 Å². The molecule has 0 bridgehead atoms. The fraction of sp³-hybridized carbons (Fsp3) is 0.667. The van der Waals surface area contributed by atoms with Crippen LogP contribution in [0.3, 0.4) is 0 Å². The molecule has 5 heteroatoms. The molecular formula is C12H18N4S. The predicted octanol–water partition coefficient (Wildman–Crippen LogP) is 3.10. The third kappa shape index (κ3) is 1.73. The summed E-state index contributed by atoms with van der Waals surface area (Å²) in [5, 5.41) is 4.45. The van der Waals surface area contributed by atoms with Gasteiger partial charge in [-0.15, -0.1) is 0 Å². The number of nitrogens with zero attached hydrogens (tertiary/aromatic N) is 3. The van der Waals surface area contributed by atoms with Gasteiger partial charge in [0.2, 0.25) is 0 Å². The van der Waals surface area contributed by atoms with E-state index >= 15 is 0 Å². The van der Waals surface area contributed by atoms with Crippen LogP contribution in [0.15, 0.2) is 0 Å². The molecule has 1 aliphatic carbocycles. The zero-order valence-electron chi connectivity index (χ0n) is 10.5. The normalized spacial score (nSPS) is 17.8. The van der Waals surface area contributed by atoms with Crippen LogP contribution in [0.1, 0.15) is 37.9 Å². The summed E-state index contributed by atoms with van der Waals surface area (Å²) in [4.78, 5) is 3.29. The van der Waals surface area contributed by atoms with Crippen molar-refractivity contribution in [1.29, 1.82) is 0 Å². The molecule has 2 aromatic heterocycles. The second-order valence-electron chi connectivity index (χ2n) is 5.24. The zero-order chi connectivity index (χ0) is 12.2. The van der Waals surface area contributed by atoms with Crippen molar-refractivity contribution in [2.45, 2.75) is 39.2 Å². The minimum absolute atomic E-state index is 0.457. The Morgan fingerprint density at radius 3 is 2.88 bits per heavy atom. The van der Waals surface area contributed by atoms with E-state index < -0.39 is 0 Å². The van der Waals surface area contributed by atoms with Gasteiger partial charge in [0.25, 0.3) is 0 Å². The first-order valence-electron chi connectivity index (χ1n) is 6.21. The average molecular weight is 250 g/mol. The molecule has 0 saturated heterocycles. The topological polar surface area (TPSA) is 38.5 Å². The van der Waals surface area contributed by atoms with Gasteiger partial charge in [-0.1, -0.05) is 12.8 Å². The maximum absolute atomic E-state index is 5.44. The lowest BCUT2D eigenvalue weighted by Crippen LogP contribution is -2.09.